The highest BCUT2D eigenvalue weighted by atomic mass is 16.6. The normalized spacial score (nSPS) is 17.9. The molecule has 8 heteroatoms. The summed E-state index contributed by atoms with van der Waals surface area (Å²) >= 11 is 0. The molecule has 0 spiro atoms. The van der Waals surface area contributed by atoms with Gasteiger partial charge < -0.3 is 9.15 Å². The minimum atomic E-state index is -0.433. The quantitative estimate of drug-likeness (QED) is 0.311. The van der Waals surface area contributed by atoms with Crippen LogP contribution in [0.4, 0.5) is 5.82 Å². The lowest BCUT2D eigenvalue weighted by molar-refractivity contribution is 0.0930. The van der Waals surface area contributed by atoms with Gasteiger partial charge in [-0.3, -0.25) is 20.3 Å². The number of aromatic nitrogens is 3. The van der Waals surface area contributed by atoms with E-state index in [1.165, 1.54) is 11.1 Å². The van der Waals surface area contributed by atoms with Crippen LogP contribution in [0.2, 0.25) is 0 Å². The Labute approximate surface area is 217 Å². The second-order valence-electron chi connectivity index (χ2n) is 11.5. The number of hydrogen-bond acceptors (Lipinski definition) is 6. The van der Waals surface area contributed by atoms with Gasteiger partial charge in [0.15, 0.2) is 11.4 Å². The van der Waals surface area contributed by atoms with Crippen molar-refractivity contribution in [2.24, 2.45) is 13.0 Å². The van der Waals surface area contributed by atoms with Crippen LogP contribution < -0.4 is 15.6 Å². The molecular formula is C29H35N5O3. The summed E-state index contributed by atoms with van der Waals surface area (Å²) in [4.78, 5) is 17.2. The number of anilines is 1. The van der Waals surface area contributed by atoms with E-state index in [-0.39, 0.29) is 22.5 Å². The van der Waals surface area contributed by atoms with Crippen molar-refractivity contribution in [3.63, 3.8) is 0 Å². The van der Waals surface area contributed by atoms with Crippen LogP contribution in [-0.4, -0.2) is 20.7 Å². The van der Waals surface area contributed by atoms with E-state index in [0.717, 1.165) is 34.5 Å². The number of furan rings is 1. The van der Waals surface area contributed by atoms with Gasteiger partial charge >= 0.3 is 5.91 Å². The molecule has 0 fully saturated rings. The standard InChI is InChI=1S/C29H35N5O3/c1-16-13-21-20(28(4,5)15-17(2)29(21,6)7)14-23(16)37-25-12-10-22(36-25)27(35)32-31-24-11-9-19-18(3)33-34(8)26(19)30-24/h9-14,17H,15H2,1-8H3,(H,30,31)(H,32,35)/t17-/m0/s1. The maximum Gasteiger partial charge on any atom is 0.305 e. The van der Waals surface area contributed by atoms with Crippen LogP contribution in [-0.2, 0) is 17.9 Å². The van der Waals surface area contributed by atoms with Crippen molar-refractivity contribution in [1.29, 1.82) is 0 Å². The molecule has 0 radical (unpaired) electrons. The van der Waals surface area contributed by atoms with Gasteiger partial charge in [-0.05, 0) is 78.0 Å². The number of ether oxygens (including phenoxy) is 1. The van der Waals surface area contributed by atoms with Gasteiger partial charge in [-0.15, -0.1) is 0 Å². The van der Waals surface area contributed by atoms with Crippen LogP contribution >= 0.6 is 0 Å². The summed E-state index contributed by atoms with van der Waals surface area (Å²) in [6.07, 6.45) is 1.11. The molecule has 1 aliphatic rings. The van der Waals surface area contributed by atoms with E-state index in [4.69, 9.17) is 9.15 Å². The molecule has 0 saturated heterocycles. The summed E-state index contributed by atoms with van der Waals surface area (Å²) in [6, 6.07) is 11.3. The van der Waals surface area contributed by atoms with E-state index in [2.05, 4.69) is 67.7 Å². The predicted octanol–water partition coefficient (Wildman–Crippen LogP) is 6.32. The average Bonchev–Trinajstić information content (AvgIpc) is 3.41. The molecule has 1 aromatic carbocycles. The molecule has 1 atom stereocenters. The summed E-state index contributed by atoms with van der Waals surface area (Å²) < 4.78 is 13.6. The monoisotopic (exact) mass is 501 g/mol. The van der Waals surface area contributed by atoms with Crippen LogP contribution in [0.1, 0.15) is 74.0 Å². The molecule has 194 valence electrons. The number of amides is 1. The first-order valence-corrected chi connectivity index (χ1v) is 12.7. The maximum atomic E-state index is 12.7. The smallest absolute Gasteiger partial charge is 0.305 e. The second kappa shape index (κ2) is 8.64. The molecule has 3 aromatic heterocycles. The van der Waals surface area contributed by atoms with Crippen molar-refractivity contribution in [2.75, 3.05) is 5.43 Å². The molecule has 3 heterocycles. The van der Waals surface area contributed by atoms with Crippen LogP contribution in [0.25, 0.3) is 11.0 Å². The van der Waals surface area contributed by atoms with Gasteiger partial charge in [0, 0.05) is 18.5 Å². The van der Waals surface area contributed by atoms with Gasteiger partial charge in [-0.25, -0.2) is 4.98 Å². The molecule has 0 aliphatic heterocycles. The Balaban J connectivity index is 1.31. The zero-order valence-corrected chi connectivity index (χ0v) is 22.8. The van der Waals surface area contributed by atoms with Gasteiger partial charge in [0.1, 0.15) is 11.6 Å². The summed E-state index contributed by atoms with van der Waals surface area (Å²) in [5.74, 6) is 1.77. The van der Waals surface area contributed by atoms with Crippen molar-refractivity contribution in [2.45, 2.75) is 65.7 Å². The number of hydrogen-bond donors (Lipinski definition) is 2. The minimum Gasteiger partial charge on any atom is -0.426 e. The van der Waals surface area contributed by atoms with Crippen LogP contribution in [0, 0.1) is 19.8 Å². The number of fused-ring (bicyclic) bond motifs is 2. The zero-order valence-electron chi connectivity index (χ0n) is 22.8. The number of pyridine rings is 1. The zero-order chi connectivity index (χ0) is 26.7. The van der Waals surface area contributed by atoms with Crippen molar-refractivity contribution in [3.8, 4) is 11.7 Å². The Morgan fingerprint density at radius 1 is 1.11 bits per heavy atom. The molecule has 0 bridgehead atoms. The third kappa shape index (κ3) is 4.34. The topological polar surface area (TPSA) is 94.2 Å². The lowest BCUT2D eigenvalue weighted by Crippen LogP contribution is -2.40. The number of benzene rings is 1. The fourth-order valence-electron chi connectivity index (χ4n) is 5.45. The number of nitrogens with one attached hydrogen (secondary N) is 2. The van der Waals surface area contributed by atoms with Gasteiger partial charge in [-0.2, -0.15) is 5.10 Å². The number of carbonyl (C=O) groups is 1. The maximum absolute atomic E-state index is 12.7. The summed E-state index contributed by atoms with van der Waals surface area (Å²) in [5.41, 5.74) is 10.9. The molecular weight excluding hydrogens is 466 g/mol. The van der Waals surface area contributed by atoms with E-state index < -0.39 is 5.91 Å². The first-order chi connectivity index (χ1) is 17.4. The van der Waals surface area contributed by atoms with Crippen molar-refractivity contribution >= 4 is 22.8 Å². The van der Waals surface area contributed by atoms with E-state index in [1.807, 2.05) is 27.0 Å². The Morgan fingerprint density at radius 3 is 2.62 bits per heavy atom. The van der Waals surface area contributed by atoms with Crippen LogP contribution in [0.15, 0.2) is 40.8 Å². The first-order valence-electron chi connectivity index (χ1n) is 12.7. The van der Waals surface area contributed by atoms with Gasteiger partial charge in [-0.1, -0.05) is 40.7 Å². The lowest BCUT2D eigenvalue weighted by Gasteiger charge is -2.46. The Bertz CT molecular complexity index is 1510. The van der Waals surface area contributed by atoms with Crippen molar-refractivity contribution in [3.05, 3.63) is 64.5 Å². The number of rotatable bonds is 5. The number of carbonyl (C=O) groups excluding carboxylic acids is 1. The van der Waals surface area contributed by atoms with Gasteiger partial charge in [0.25, 0.3) is 5.95 Å². The summed E-state index contributed by atoms with van der Waals surface area (Å²) in [6.45, 7) is 15.5. The Morgan fingerprint density at radius 2 is 1.86 bits per heavy atom. The van der Waals surface area contributed by atoms with E-state index in [1.54, 1.807) is 22.9 Å². The molecule has 0 saturated carbocycles. The highest BCUT2D eigenvalue weighted by molar-refractivity contribution is 5.92. The Kier molecular flexibility index (Phi) is 5.81. The number of hydrazine groups is 1. The third-order valence-electron chi connectivity index (χ3n) is 7.98. The molecule has 5 rings (SSSR count). The molecule has 1 aliphatic carbocycles. The fourth-order valence-corrected chi connectivity index (χ4v) is 5.45. The SMILES string of the molecule is Cc1cc2c(cc1Oc1ccc(C(=O)NNc3ccc4c(C)nn(C)c4n3)o1)C(C)(C)C[C@H](C)C2(C)C. The summed E-state index contributed by atoms with van der Waals surface area (Å²) in [7, 11) is 1.84. The van der Waals surface area contributed by atoms with E-state index in [9.17, 15) is 4.79 Å². The largest absolute Gasteiger partial charge is 0.426 e. The molecule has 8 nitrogen and oxygen atoms in total. The highest BCUT2D eigenvalue weighted by Crippen LogP contribution is 2.50. The predicted molar refractivity (Wildman–Crippen MR) is 144 cm³/mol. The highest BCUT2D eigenvalue weighted by Gasteiger charge is 2.42. The van der Waals surface area contributed by atoms with Crippen LogP contribution in [0.3, 0.4) is 0 Å². The van der Waals surface area contributed by atoms with Gasteiger partial charge in [0.05, 0.1) is 5.69 Å². The lowest BCUT2D eigenvalue weighted by atomic mass is 9.58. The van der Waals surface area contributed by atoms with Crippen molar-refractivity contribution < 1.29 is 13.9 Å². The molecule has 4 aromatic rings. The summed E-state index contributed by atoms with van der Waals surface area (Å²) in [5, 5.41) is 5.33. The molecule has 1 amide bonds. The third-order valence-corrected chi connectivity index (χ3v) is 7.98. The van der Waals surface area contributed by atoms with E-state index in [0.29, 0.717) is 11.7 Å². The Hall–Kier alpha value is -3.81. The number of nitrogens with zero attached hydrogens (tertiary/aromatic N) is 3. The van der Waals surface area contributed by atoms with Crippen LogP contribution in [0.5, 0.6) is 11.7 Å². The average molecular weight is 502 g/mol. The second-order valence-corrected chi connectivity index (χ2v) is 11.5. The van der Waals surface area contributed by atoms with Crippen molar-refractivity contribution in [1.82, 2.24) is 20.2 Å². The van der Waals surface area contributed by atoms with E-state index >= 15 is 0 Å². The molecule has 37 heavy (non-hydrogen) atoms. The number of aryl methyl sites for hydroxylation is 3. The fraction of sp³-hybridized carbons (Fsp3) is 0.414. The minimum absolute atomic E-state index is 0.0428. The first kappa shape index (κ1) is 24.9. The molecule has 2 N–H and O–H groups in total. The molecule has 0 unspecified atom stereocenters. The van der Waals surface area contributed by atoms with Gasteiger partial charge in [0.2, 0.25) is 0 Å².